The van der Waals surface area contributed by atoms with Crippen molar-refractivity contribution >= 4 is 5.69 Å². The SMILES string of the molecule is CN1CCN(c2ccc(-c3nn[nH]n3)cc2)CC1. The van der Waals surface area contributed by atoms with Crippen molar-refractivity contribution in [2.75, 3.05) is 38.1 Å². The Bertz CT molecular complexity index is 484. The lowest BCUT2D eigenvalue weighted by Gasteiger charge is -2.34. The number of hydrogen-bond acceptors (Lipinski definition) is 5. The standard InChI is InChI=1S/C12H16N6/c1-17-6-8-18(9-7-17)11-4-2-10(3-5-11)12-13-15-16-14-12/h2-5H,6-9H2,1H3,(H,13,14,15,16). The van der Waals surface area contributed by atoms with Gasteiger partial charge in [0.1, 0.15) is 0 Å². The van der Waals surface area contributed by atoms with E-state index in [-0.39, 0.29) is 0 Å². The Morgan fingerprint density at radius 2 is 1.78 bits per heavy atom. The Labute approximate surface area is 106 Å². The number of nitrogens with one attached hydrogen (secondary N) is 1. The molecule has 1 N–H and O–H groups in total. The van der Waals surface area contributed by atoms with Crippen LogP contribution in [0.4, 0.5) is 5.69 Å². The summed E-state index contributed by atoms with van der Waals surface area (Å²) >= 11 is 0. The van der Waals surface area contributed by atoms with E-state index in [4.69, 9.17) is 0 Å². The zero-order chi connectivity index (χ0) is 12.4. The van der Waals surface area contributed by atoms with E-state index in [1.807, 2.05) is 12.1 Å². The van der Waals surface area contributed by atoms with Gasteiger partial charge in [-0.15, -0.1) is 10.2 Å². The number of H-pyrrole nitrogens is 1. The predicted octanol–water partition coefficient (Wildman–Crippen LogP) is 0.618. The minimum absolute atomic E-state index is 0.639. The Morgan fingerprint density at radius 1 is 1.06 bits per heavy atom. The number of tetrazole rings is 1. The summed E-state index contributed by atoms with van der Waals surface area (Å²) in [4.78, 5) is 4.75. The third kappa shape index (κ3) is 2.19. The molecular weight excluding hydrogens is 228 g/mol. The summed E-state index contributed by atoms with van der Waals surface area (Å²) in [5.74, 6) is 0.639. The van der Waals surface area contributed by atoms with E-state index < -0.39 is 0 Å². The highest BCUT2D eigenvalue weighted by molar-refractivity contribution is 5.59. The number of anilines is 1. The second-order valence-electron chi connectivity index (χ2n) is 4.57. The molecule has 0 amide bonds. The molecule has 1 saturated heterocycles. The predicted molar refractivity (Wildman–Crippen MR) is 69.3 cm³/mol. The summed E-state index contributed by atoms with van der Waals surface area (Å²) in [5.41, 5.74) is 2.25. The maximum Gasteiger partial charge on any atom is 0.204 e. The molecule has 3 rings (SSSR count). The molecule has 2 heterocycles. The summed E-state index contributed by atoms with van der Waals surface area (Å²) < 4.78 is 0. The van der Waals surface area contributed by atoms with Gasteiger partial charge in [-0.1, -0.05) is 0 Å². The summed E-state index contributed by atoms with van der Waals surface area (Å²) in [6, 6.07) is 8.32. The lowest BCUT2D eigenvalue weighted by Crippen LogP contribution is -2.44. The number of nitrogens with zero attached hydrogens (tertiary/aromatic N) is 5. The van der Waals surface area contributed by atoms with Crippen LogP contribution in [0.25, 0.3) is 11.4 Å². The number of hydrogen-bond donors (Lipinski definition) is 1. The summed E-state index contributed by atoms with van der Waals surface area (Å²) in [5, 5.41) is 14.0. The fourth-order valence-electron chi connectivity index (χ4n) is 2.17. The van der Waals surface area contributed by atoms with Gasteiger partial charge in [-0.3, -0.25) is 0 Å². The number of piperazine rings is 1. The average molecular weight is 244 g/mol. The highest BCUT2D eigenvalue weighted by Gasteiger charge is 2.14. The molecule has 6 heteroatoms. The number of likely N-dealkylation sites (N-methyl/N-ethyl adjacent to an activating group) is 1. The first-order valence-electron chi connectivity index (χ1n) is 6.10. The molecule has 0 atom stereocenters. The summed E-state index contributed by atoms with van der Waals surface area (Å²) in [7, 11) is 2.16. The van der Waals surface area contributed by atoms with Crippen LogP contribution in [0.2, 0.25) is 0 Å². The normalized spacial score (nSPS) is 17.1. The first kappa shape index (κ1) is 11.2. The van der Waals surface area contributed by atoms with Gasteiger partial charge in [-0.25, -0.2) is 0 Å². The smallest absolute Gasteiger partial charge is 0.204 e. The monoisotopic (exact) mass is 244 g/mol. The van der Waals surface area contributed by atoms with Gasteiger partial charge in [0, 0.05) is 37.4 Å². The molecular formula is C12H16N6. The van der Waals surface area contributed by atoms with Crippen LogP contribution in [0.3, 0.4) is 0 Å². The van der Waals surface area contributed by atoms with Crippen molar-refractivity contribution in [3.05, 3.63) is 24.3 Å². The van der Waals surface area contributed by atoms with Crippen LogP contribution in [0.1, 0.15) is 0 Å². The van der Waals surface area contributed by atoms with Crippen molar-refractivity contribution in [3.8, 4) is 11.4 Å². The molecule has 94 valence electrons. The Kier molecular flexibility index (Phi) is 2.93. The van der Waals surface area contributed by atoms with Crippen molar-refractivity contribution in [3.63, 3.8) is 0 Å². The lowest BCUT2D eigenvalue weighted by molar-refractivity contribution is 0.313. The van der Waals surface area contributed by atoms with E-state index in [9.17, 15) is 0 Å². The van der Waals surface area contributed by atoms with E-state index in [1.165, 1.54) is 5.69 Å². The van der Waals surface area contributed by atoms with Crippen molar-refractivity contribution < 1.29 is 0 Å². The quantitative estimate of drug-likeness (QED) is 0.839. The zero-order valence-electron chi connectivity index (χ0n) is 10.4. The number of rotatable bonds is 2. The second-order valence-corrected chi connectivity index (χ2v) is 4.57. The van der Waals surface area contributed by atoms with Crippen molar-refractivity contribution in [1.29, 1.82) is 0 Å². The van der Waals surface area contributed by atoms with Gasteiger partial charge in [0.05, 0.1) is 0 Å². The topological polar surface area (TPSA) is 60.9 Å². The second kappa shape index (κ2) is 4.73. The zero-order valence-corrected chi connectivity index (χ0v) is 10.4. The third-order valence-electron chi connectivity index (χ3n) is 3.34. The molecule has 1 aliphatic rings. The lowest BCUT2D eigenvalue weighted by atomic mass is 10.1. The molecule has 0 saturated carbocycles. The maximum atomic E-state index is 3.97. The van der Waals surface area contributed by atoms with Crippen molar-refractivity contribution in [1.82, 2.24) is 25.5 Å². The first-order valence-corrected chi connectivity index (χ1v) is 6.10. The van der Waals surface area contributed by atoms with Crippen LogP contribution in [0, 0.1) is 0 Å². The number of aromatic amines is 1. The molecule has 1 fully saturated rings. The highest BCUT2D eigenvalue weighted by atomic mass is 15.5. The van der Waals surface area contributed by atoms with Crippen LogP contribution >= 0.6 is 0 Å². The minimum Gasteiger partial charge on any atom is -0.369 e. The average Bonchev–Trinajstić information content (AvgIpc) is 2.94. The van der Waals surface area contributed by atoms with Crippen molar-refractivity contribution in [2.24, 2.45) is 0 Å². The van der Waals surface area contributed by atoms with Crippen LogP contribution < -0.4 is 4.90 Å². The van der Waals surface area contributed by atoms with E-state index in [0.717, 1.165) is 31.7 Å². The van der Waals surface area contributed by atoms with Gasteiger partial charge in [0.15, 0.2) is 0 Å². The molecule has 18 heavy (non-hydrogen) atoms. The van der Waals surface area contributed by atoms with Gasteiger partial charge in [-0.2, -0.15) is 5.21 Å². The van der Waals surface area contributed by atoms with Crippen LogP contribution in [-0.2, 0) is 0 Å². The molecule has 0 unspecified atom stereocenters. The number of benzene rings is 1. The third-order valence-corrected chi connectivity index (χ3v) is 3.34. The Hall–Kier alpha value is -1.95. The molecule has 0 aliphatic carbocycles. The van der Waals surface area contributed by atoms with Gasteiger partial charge < -0.3 is 9.80 Å². The first-order chi connectivity index (χ1) is 8.83. The summed E-state index contributed by atoms with van der Waals surface area (Å²) in [6.45, 7) is 4.40. The van der Waals surface area contributed by atoms with Crippen LogP contribution in [0.5, 0.6) is 0 Å². The fourth-order valence-corrected chi connectivity index (χ4v) is 2.17. The molecule has 1 aromatic carbocycles. The van der Waals surface area contributed by atoms with E-state index in [1.54, 1.807) is 0 Å². The molecule has 2 aromatic rings. The molecule has 0 bridgehead atoms. The van der Waals surface area contributed by atoms with Crippen LogP contribution in [0.15, 0.2) is 24.3 Å². The number of aromatic nitrogens is 4. The van der Waals surface area contributed by atoms with Gasteiger partial charge in [-0.05, 0) is 36.5 Å². The fraction of sp³-hybridized carbons (Fsp3) is 0.417. The van der Waals surface area contributed by atoms with E-state index in [0.29, 0.717) is 5.82 Å². The van der Waals surface area contributed by atoms with Gasteiger partial charge >= 0.3 is 0 Å². The maximum absolute atomic E-state index is 3.97. The van der Waals surface area contributed by atoms with E-state index >= 15 is 0 Å². The largest absolute Gasteiger partial charge is 0.369 e. The summed E-state index contributed by atoms with van der Waals surface area (Å²) in [6.07, 6.45) is 0. The highest BCUT2D eigenvalue weighted by Crippen LogP contribution is 2.20. The van der Waals surface area contributed by atoms with E-state index in [2.05, 4.69) is 49.6 Å². The molecule has 6 nitrogen and oxygen atoms in total. The Balaban J connectivity index is 1.75. The minimum atomic E-state index is 0.639. The molecule has 1 aromatic heterocycles. The van der Waals surface area contributed by atoms with Crippen LogP contribution in [-0.4, -0.2) is 58.8 Å². The van der Waals surface area contributed by atoms with Gasteiger partial charge in [0.25, 0.3) is 0 Å². The Morgan fingerprint density at radius 3 is 2.39 bits per heavy atom. The molecule has 0 spiro atoms. The molecule has 1 aliphatic heterocycles. The van der Waals surface area contributed by atoms with Gasteiger partial charge in [0.2, 0.25) is 5.82 Å². The molecule has 0 radical (unpaired) electrons. The van der Waals surface area contributed by atoms with Crippen molar-refractivity contribution in [2.45, 2.75) is 0 Å².